The Hall–Kier alpha value is -1.41. The standard InChI is InChI=1S/C3H4N4.BF4/c4-3-1-2-5-7-6-3;2-1(3,4)5/h1-2H,(H2,4,5,6);/q;-1/p+1. The Kier molecular flexibility index (Phi) is 3.95. The Morgan fingerprint density at radius 2 is 1.83 bits per heavy atom. The Labute approximate surface area is 64.9 Å². The number of hydrogen-bond acceptors (Lipinski definition) is 3. The Morgan fingerprint density at radius 3 is 2.00 bits per heavy atom. The number of hydrogen-bond donors (Lipinski definition) is 1. The highest BCUT2D eigenvalue weighted by Crippen LogP contribution is 2.06. The van der Waals surface area contributed by atoms with Crippen LogP contribution in [-0.2, 0) is 0 Å². The van der Waals surface area contributed by atoms with E-state index in [4.69, 9.17) is 5.73 Å². The van der Waals surface area contributed by atoms with E-state index in [-0.39, 0.29) is 0 Å². The van der Waals surface area contributed by atoms with Gasteiger partial charge in [-0.3, -0.25) is 0 Å². The van der Waals surface area contributed by atoms with E-state index < -0.39 is 7.25 Å². The van der Waals surface area contributed by atoms with Gasteiger partial charge in [0.2, 0.25) is 0 Å². The molecule has 9 heteroatoms. The number of anilines is 1. The van der Waals surface area contributed by atoms with E-state index >= 15 is 0 Å². The van der Waals surface area contributed by atoms with Crippen LogP contribution < -0.4 is 10.8 Å². The second-order valence-electron chi connectivity index (χ2n) is 1.58. The number of aromatic amines is 1. The molecular formula is C3H5BF4N4. The summed E-state index contributed by atoms with van der Waals surface area (Å²) in [4.78, 5) is 0. The van der Waals surface area contributed by atoms with Crippen LogP contribution in [0, 0.1) is 0 Å². The number of nitrogens with two attached hydrogens (primary N) is 1. The van der Waals surface area contributed by atoms with Gasteiger partial charge in [0.25, 0.3) is 5.82 Å². The van der Waals surface area contributed by atoms with Crippen molar-refractivity contribution in [3.8, 4) is 0 Å². The fourth-order valence-corrected chi connectivity index (χ4v) is 0.276. The fourth-order valence-electron chi connectivity index (χ4n) is 0.276. The van der Waals surface area contributed by atoms with Gasteiger partial charge < -0.3 is 23.0 Å². The molecule has 0 saturated carbocycles. The van der Waals surface area contributed by atoms with Gasteiger partial charge in [-0.1, -0.05) is 0 Å². The number of rotatable bonds is 0. The summed E-state index contributed by atoms with van der Waals surface area (Å²) in [7, 11) is -6.00. The van der Waals surface area contributed by atoms with Crippen LogP contribution in [0.25, 0.3) is 0 Å². The van der Waals surface area contributed by atoms with Crippen molar-refractivity contribution in [2.75, 3.05) is 5.73 Å². The van der Waals surface area contributed by atoms with Gasteiger partial charge >= 0.3 is 7.25 Å². The van der Waals surface area contributed by atoms with Crippen molar-refractivity contribution >= 4 is 13.1 Å². The maximum atomic E-state index is 9.75. The molecule has 0 amide bonds. The molecular weight excluding hydrogens is 179 g/mol. The number of nitrogen functional groups attached to an aromatic ring is 1. The first-order valence-electron chi connectivity index (χ1n) is 2.72. The van der Waals surface area contributed by atoms with E-state index in [9.17, 15) is 17.3 Å². The second kappa shape index (κ2) is 4.47. The molecule has 0 fully saturated rings. The summed E-state index contributed by atoms with van der Waals surface area (Å²) in [6, 6.07) is 1.63. The van der Waals surface area contributed by atoms with E-state index in [0.717, 1.165) is 0 Å². The van der Waals surface area contributed by atoms with Crippen LogP contribution in [-0.4, -0.2) is 17.6 Å². The number of nitrogens with one attached hydrogen (secondary N) is 1. The summed E-state index contributed by atoms with van der Waals surface area (Å²) in [5.41, 5.74) is 5.16. The molecule has 0 bridgehead atoms. The summed E-state index contributed by atoms with van der Waals surface area (Å²) in [6.45, 7) is 0. The van der Waals surface area contributed by atoms with Gasteiger partial charge in [0.05, 0.1) is 11.2 Å². The molecule has 0 saturated heterocycles. The van der Waals surface area contributed by atoms with Gasteiger partial charge in [-0.25, -0.2) is 0 Å². The quantitative estimate of drug-likeness (QED) is 0.461. The smallest absolute Gasteiger partial charge is 0.418 e. The molecule has 1 aromatic rings. The van der Waals surface area contributed by atoms with Crippen molar-refractivity contribution in [1.29, 1.82) is 0 Å². The van der Waals surface area contributed by atoms with Crippen molar-refractivity contribution < 1.29 is 22.4 Å². The van der Waals surface area contributed by atoms with E-state index in [2.05, 4.69) is 15.4 Å². The number of nitrogens with zero attached hydrogens (tertiary/aromatic N) is 2. The van der Waals surface area contributed by atoms with Crippen molar-refractivity contribution in [3.05, 3.63) is 12.3 Å². The average molecular weight is 184 g/mol. The maximum Gasteiger partial charge on any atom is 0.673 e. The van der Waals surface area contributed by atoms with Crippen molar-refractivity contribution in [2.24, 2.45) is 0 Å². The SMILES string of the molecule is F[B-](F)(F)F.Nc1cc[nH+]nn1. The summed E-state index contributed by atoms with van der Waals surface area (Å²) >= 11 is 0. The van der Waals surface area contributed by atoms with Gasteiger partial charge in [-0.05, 0) is 0 Å². The third-order valence-electron chi connectivity index (χ3n) is 0.552. The molecule has 0 spiro atoms. The van der Waals surface area contributed by atoms with Crippen LogP contribution in [0.15, 0.2) is 12.3 Å². The molecule has 1 aromatic heterocycles. The molecule has 1 heterocycles. The molecule has 0 radical (unpaired) electrons. The van der Waals surface area contributed by atoms with Gasteiger partial charge in [-0.15, -0.1) is 0 Å². The van der Waals surface area contributed by atoms with Gasteiger partial charge in [-0.2, -0.15) is 5.10 Å². The Bertz CT molecular complexity index is 207. The summed E-state index contributed by atoms with van der Waals surface area (Å²) in [6.07, 6.45) is 1.61. The average Bonchev–Trinajstić information content (AvgIpc) is 1.85. The molecule has 0 unspecified atom stereocenters. The van der Waals surface area contributed by atoms with Gasteiger partial charge in [0.1, 0.15) is 11.4 Å². The predicted octanol–water partition coefficient (Wildman–Crippen LogP) is 0.173. The first kappa shape index (κ1) is 10.6. The minimum Gasteiger partial charge on any atom is -0.418 e. The number of halogens is 4. The first-order chi connectivity index (χ1) is 5.39. The molecule has 68 valence electrons. The number of H-pyrrole nitrogens is 1. The van der Waals surface area contributed by atoms with Crippen LogP contribution in [0.4, 0.5) is 23.1 Å². The van der Waals surface area contributed by atoms with Gasteiger partial charge in [0, 0.05) is 0 Å². The molecule has 12 heavy (non-hydrogen) atoms. The van der Waals surface area contributed by atoms with E-state index in [1.54, 1.807) is 12.3 Å². The zero-order valence-electron chi connectivity index (χ0n) is 5.72. The van der Waals surface area contributed by atoms with Crippen molar-refractivity contribution in [2.45, 2.75) is 0 Å². The summed E-state index contributed by atoms with van der Waals surface area (Å²) < 4.78 is 39.0. The lowest BCUT2D eigenvalue weighted by molar-refractivity contribution is -0.463. The largest absolute Gasteiger partial charge is 0.673 e. The van der Waals surface area contributed by atoms with Crippen LogP contribution in [0.5, 0.6) is 0 Å². The van der Waals surface area contributed by atoms with Crippen molar-refractivity contribution in [1.82, 2.24) is 10.3 Å². The molecule has 0 aromatic carbocycles. The van der Waals surface area contributed by atoms with Gasteiger partial charge in [0.15, 0.2) is 0 Å². The highest BCUT2D eigenvalue weighted by molar-refractivity contribution is 6.50. The van der Waals surface area contributed by atoms with Crippen LogP contribution in [0.2, 0.25) is 0 Å². The Morgan fingerprint density at radius 1 is 1.33 bits per heavy atom. The molecule has 1 rings (SSSR count). The fraction of sp³-hybridized carbons (Fsp3) is 0. The molecule has 0 aliphatic heterocycles. The third-order valence-corrected chi connectivity index (χ3v) is 0.552. The molecule has 3 N–H and O–H groups in total. The zero-order valence-corrected chi connectivity index (χ0v) is 5.72. The minimum absolute atomic E-state index is 0.429. The molecule has 0 atom stereocenters. The molecule has 4 nitrogen and oxygen atoms in total. The lowest BCUT2D eigenvalue weighted by Crippen LogP contribution is -2.09. The normalized spacial score (nSPS) is 10.0. The number of aromatic nitrogens is 3. The monoisotopic (exact) mass is 184 g/mol. The van der Waals surface area contributed by atoms with Crippen molar-refractivity contribution in [3.63, 3.8) is 0 Å². The summed E-state index contributed by atoms with van der Waals surface area (Å²) in [5.74, 6) is 0.429. The second-order valence-corrected chi connectivity index (χ2v) is 1.58. The van der Waals surface area contributed by atoms with Crippen LogP contribution in [0.3, 0.4) is 0 Å². The van der Waals surface area contributed by atoms with E-state index in [1.165, 1.54) is 0 Å². The minimum atomic E-state index is -6.00. The van der Waals surface area contributed by atoms with Crippen LogP contribution in [0.1, 0.15) is 0 Å². The van der Waals surface area contributed by atoms with E-state index in [1.807, 2.05) is 0 Å². The highest BCUT2D eigenvalue weighted by atomic mass is 19.5. The summed E-state index contributed by atoms with van der Waals surface area (Å²) in [5, 5.41) is 9.33. The van der Waals surface area contributed by atoms with E-state index in [0.29, 0.717) is 5.82 Å². The first-order valence-corrected chi connectivity index (χ1v) is 2.72. The predicted molar refractivity (Wildman–Crippen MR) is 33.2 cm³/mol. The Balaban J connectivity index is 0.000000217. The topological polar surface area (TPSA) is 65.9 Å². The van der Waals surface area contributed by atoms with Crippen LogP contribution >= 0.6 is 0 Å². The molecule has 0 aliphatic carbocycles. The zero-order chi connectivity index (χ0) is 9.61. The third kappa shape index (κ3) is 11.4. The lowest BCUT2D eigenvalue weighted by atomic mass is 10.3. The highest BCUT2D eigenvalue weighted by Gasteiger charge is 2.20. The molecule has 0 aliphatic rings. The lowest BCUT2D eigenvalue weighted by Gasteiger charge is -1.94. The maximum absolute atomic E-state index is 9.75.